The van der Waals surface area contributed by atoms with Crippen LogP contribution in [0.2, 0.25) is 0 Å². The number of hydrogen-bond donors (Lipinski definition) is 2. The average molecular weight is 259 g/mol. The van der Waals surface area contributed by atoms with Crippen LogP contribution in [0, 0.1) is 0 Å². The maximum atomic E-state index is 5.20. The Labute approximate surface area is 114 Å². The minimum absolute atomic E-state index is 0.0302. The molecule has 5 nitrogen and oxygen atoms in total. The van der Waals surface area contributed by atoms with Crippen LogP contribution < -0.4 is 16.4 Å². The topological polar surface area (TPSA) is 80.0 Å². The first-order valence-electron chi connectivity index (χ1n) is 6.73. The standard InChI is InChI=1S/C14H21N5/c15-14(16)18-17-11-12-5-7-13(8-6-12)19-9-3-1-2-4-10-19/h5-8,11H,1-4,9-10H2,(H4,15,16,18)/b17-11-. The Morgan fingerprint density at radius 3 is 2.21 bits per heavy atom. The lowest BCUT2D eigenvalue weighted by Gasteiger charge is -2.22. The van der Waals surface area contributed by atoms with Gasteiger partial charge in [-0.05, 0) is 30.5 Å². The van der Waals surface area contributed by atoms with E-state index in [0.717, 1.165) is 18.7 Å². The zero-order chi connectivity index (χ0) is 13.5. The fourth-order valence-corrected chi connectivity index (χ4v) is 2.26. The van der Waals surface area contributed by atoms with Gasteiger partial charge in [-0.15, -0.1) is 5.10 Å². The Morgan fingerprint density at radius 2 is 1.63 bits per heavy atom. The lowest BCUT2D eigenvalue weighted by Crippen LogP contribution is -2.23. The van der Waals surface area contributed by atoms with E-state index in [1.165, 1.54) is 31.4 Å². The molecule has 1 aliphatic heterocycles. The van der Waals surface area contributed by atoms with Gasteiger partial charge in [0.15, 0.2) is 0 Å². The number of nitrogens with zero attached hydrogens (tertiary/aromatic N) is 3. The summed E-state index contributed by atoms with van der Waals surface area (Å²) in [6.07, 6.45) is 6.91. The van der Waals surface area contributed by atoms with E-state index in [9.17, 15) is 0 Å². The van der Waals surface area contributed by atoms with Crippen molar-refractivity contribution >= 4 is 17.9 Å². The second-order valence-corrected chi connectivity index (χ2v) is 4.76. The molecule has 0 bridgehead atoms. The largest absolute Gasteiger partial charge is 0.372 e. The summed E-state index contributed by atoms with van der Waals surface area (Å²) in [7, 11) is 0. The zero-order valence-electron chi connectivity index (χ0n) is 11.1. The maximum Gasteiger partial charge on any atom is 0.211 e. The van der Waals surface area contributed by atoms with E-state index in [1.54, 1.807) is 6.21 Å². The van der Waals surface area contributed by atoms with Crippen molar-refractivity contribution in [2.45, 2.75) is 25.7 Å². The van der Waals surface area contributed by atoms with Gasteiger partial charge < -0.3 is 16.4 Å². The highest BCUT2D eigenvalue weighted by Gasteiger charge is 2.09. The molecule has 1 aromatic carbocycles. The normalized spacial score (nSPS) is 16.3. The molecular weight excluding hydrogens is 238 g/mol. The molecule has 1 aromatic rings. The summed E-state index contributed by atoms with van der Waals surface area (Å²) in [6.45, 7) is 2.31. The second kappa shape index (κ2) is 6.78. The third-order valence-electron chi connectivity index (χ3n) is 3.24. The van der Waals surface area contributed by atoms with Crippen molar-refractivity contribution < 1.29 is 0 Å². The Kier molecular flexibility index (Phi) is 4.78. The van der Waals surface area contributed by atoms with Gasteiger partial charge in [0.2, 0.25) is 5.96 Å². The van der Waals surface area contributed by atoms with Crippen LogP contribution >= 0.6 is 0 Å². The summed E-state index contributed by atoms with van der Waals surface area (Å²) >= 11 is 0. The van der Waals surface area contributed by atoms with E-state index in [2.05, 4.69) is 27.2 Å². The molecule has 4 N–H and O–H groups in total. The summed E-state index contributed by atoms with van der Waals surface area (Å²) in [5.74, 6) is -0.0302. The predicted molar refractivity (Wildman–Crippen MR) is 80.5 cm³/mol. The van der Waals surface area contributed by atoms with Crippen LogP contribution in [0.1, 0.15) is 31.2 Å². The third kappa shape index (κ3) is 4.28. The number of benzene rings is 1. The Bertz CT molecular complexity index is 437. The maximum absolute atomic E-state index is 5.20. The van der Waals surface area contributed by atoms with E-state index in [1.807, 2.05) is 12.1 Å². The summed E-state index contributed by atoms with van der Waals surface area (Å²) in [4.78, 5) is 2.45. The van der Waals surface area contributed by atoms with Gasteiger partial charge in [0.25, 0.3) is 0 Å². The lowest BCUT2D eigenvalue weighted by molar-refractivity contribution is 0.726. The van der Waals surface area contributed by atoms with Gasteiger partial charge in [0.1, 0.15) is 0 Å². The molecule has 0 unspecified atom stereocenters. The van der Waals surface area contributed by atoms with Crippen molar-refractivity contribution in [3.05, 3.63) is 29.8 Å². The Balaban J connectivity index is 2.01. The summed E-state index contributed by atoms with van der Waals surface area (Å²) in [5, 5.41) is 7.37. The van der Waals surface area contributed by atoms with Crippen molar-refractivity contribution in [1.29, 1.82) is 0 Å². The quantitative estimate of drug-likeness (QED) is 0.492. The summed E-state index contributed by atoms with van der Waals surface area (Å²) < 4.78 is 0. The molecule has 0 saturated carbocycles. The molecule has 102 valence electrons. The second-order valence-electron chi connectivity index (χ2n) is 4.76. The van der Waals surface area contributed by atoms with Crippen LogP contribution in [-0.2, 0) is 0 Å². The van der Waals surface area contributed by atoms with Gasteiger partial charge in [-0.2, -0.15) is 5.10 Å². The molecule has 1 fully saturated rings. The lowest BCUT2D eigenvalue weighted by atomic mass is 10.2. The molecule has 2 rings (SSSR count). The van der Waals surface area contributed by atoms with E-state index in [-0.39, 0.29) is 5.96 Å². The highest BCUT2D eigenvalue weighted by Crippen LogP contribution is 2.19. The molecule has 0 aliphatic carbocycles. The number of guanidine groups is 1. The van der Waals surface area contributed by atoms with Crippen molar-refractivity contribution in [3.8, 4) is 0 Å². The predicted octanol–water partition coefficient (Wildman–Crippen LogP) is 1.67. The first-order valence-corrected chi connectivity index (χ1v) is 6.73. The number of rotatable bonds is 3. The highest BCUT2D eigenvalue weighted by molar-refractivity contribution is 5.82. The Hall–Kier alpha value is -2.04. The van der Waals surface area contributed by atoms with Gasteiger partial charge in [0.05, 0.1) is 6.21 Å². The molecular formula is C14H21N5. The van der Waals surface area contributed by atoms with E-state index in [4.69, 9.17) is 11.5 Å². The van der Waals surface area contributed by atoms with Gasteiger partial charge >= 0.3 is 0 Å². The van der Waals surface area contributed by atoms with Crippen molar-refractivity contribution in [1.82, 2.24) is 0 Å². The van der Waals surface area contributed by atoms with Gasteiger partial charge in [0, 0.05) is 18.8 Å². The number of anilines is 1. The fraction of sp³-hybridized carbons (Fsp3) is 0.429. The minimum atomic E-state index is -0.0302. The summed E-state index contributed by atoms with van der Waals surface area (Å²) in [6, 6.07) is 8.32. The van der Waals surface area contributed by atoms with Crippen LogP contribution in [0.15, 0.2) is 34.5 Å². The van der Waals surface area contributed by atoms with Crippen LogP contribution in [-0.4, -0.2) is 25.3 Å². The van der Waals surface area contributed by atoms with Crippen molar-refractivity contribution in [3.63, 3.8) is 0 Å². The van der Waals surface area contributed by atoms with Crippen LogP contribution in [0.4, 0.5) is 5.69 Å². The molecule has 1 saturated heterocycles. The first kappa shape index (κ1) is 13.4. The SMILES string of the molecule is NC(N)=N/N=C\c1ccc(N2CCCCCC2)cc1. The van der Waals surface area contributed by atoms with Gasteiger partial charge in [-0.1, -0.05) is 25.0 Å². The summed E-state index contributed by atoms with van der Waals surface area (Å²) in [5.41, 5.74) is 12.7. The Morgan fingerprint density at radius 1 is 1.00 bits per heavy atom. The molecule has 19 heavy (non-hydrogen) atoms. The molecule has 1 aliphatic rings. The van der Waals surface area contributed by atoms with E-state index >= 15 is 0 Å². The highest BCUT2D eigenvalue weighted by atomic mass is 15.3. The van der Waals surface area contributed by atoms with E-state index < -0.39 is 0 Å². The molecule has 0 amide bonds. The van der Waals surface area contributed by atoms with Crippen LogP contribution in [0.3, 0.4) is 0 Å². The number of hydrogen-bond acceptors (Lipinski definition) is 3. The number of nitrogens with two attached hydrogens (primary N) is 2. The first-order chi connectivity index (χ1) is 9.25. The molecule has 1 heterocycles. The van der Waals surface area contributed by atoms with Gasteiger partial charge in [-0.3, -0.25) is 0 Å². The van der Waals surface area contributed by atoms with Crippen LogP contribution in [0.5, 0.6) is 0 Å². The average Bonchev–Trinajstić information content (AvgIpc) is 2.68. The molecule has 5 heteroatoms. The van der Waals surface area contributed by atoms with Crippen molar-refractivity contribution in [2.75, 3.05) is 18.0 Å². The molecule has 0 radical (unpaired) electrons. The molecule has 0 atom stereocenters. The van der Waals surface area contributed by atoms with Crippen LogP contribution in [0.25, 0.3) is 0 Å². The molecule has 0 aromatic heterocycles. The van der Waals surface area contributed by atoms with Gasteiger partial charge in [-0.25, -0.2) is 0 Å². The van der Waals surface area contributed by atoms with Crippen molar-refractivity contribution in [2.24, 2.45) is 21.7 Å². The third-order valence-corrected chi connectivity index (χ3v) is 3.24. The zero-order valence-corrected chi connectivity index (χ0v) is 11.1. The molecule has 0 spiro atoms. The smallest absolute Gasteiger partial charge is 0.211 e. The minimum Gasteiger partial charge on any atom is -0.372 e. The fourth-order valence-electron chi connectivity index (χ4n) is 2.26. The van der Waals surface area contributed by atoms with E-state index in [0.29, 0.717) is 0 Å². The monoisotopic (exact) mass is 259 g/mol.